The van der Waals surface area contributed by atoms with Crippen molar-refractivity contribution >= 4 is 45.7 Å². The van der Waals surface area contributed by atoms with Crippen LogP contribution in [0.4, 0.5) is 34.1 Å². The van der Waals surface area contributed by atoms with Gasteiger partial charge in [-0.25, -0.2) is 0 Å². The van der Waals surface area contributed by atoms with Crippen LogP contribution in [0.1, 0.15) is 20.7 Å². The molecule has 9 rings (SSSR count). The molecule has 2 aliphatic heterocycles. The maximum Gasteiger partial charge on any atom is 0.234 e. The number of anilines is 6. The molecule has 3 aliphatic rings. The van der Waals surface area contributed by atoms with Crippen LogP contribution < -0.4 is 19.3 Å². The lowest BCUT2D eigenvalue weighted by molar-refractivity contribution is 0.0815. The number of Topliss-reactive ketones (excluding diaryl/α,β-unsaturated/α-hetero) is 2. The average molecular weight is 571 g/mol. The Balaban J connectivity index is 1.24. The summed E-state index contributed by atoms with van der Waals surface area (Å²) in [6, 6.07) is 42.8. The van der Waals surface area contributed by atoms with E-state index in [2.05, 4.69) is 9.80 Å². The first-order chi connectivity index (χ1) is 21.7. The van der Waals surface area contributed by atoms with Crippen LogP contribution in [0.3, 0.4) is 0 Å². The molecule has 6 aromatic carbocycles. The Kier molecular flexibility index (Phi) is 5.10. The highest BCUT2D eigenvalue weighted by Gasteiger charge is 2.34. The van der Waals surface area contributed by atoms with Gasteiger partial charge in [0.25, 0.3) is 0 Å². The van der Waals surface area contributed by atoms with Gasteiger partial charge in [0.1, 0.15) is 0 Å². The minimum absolute atomic E-state index is 0.390. The van der Waals surface area contributed by atoms with E-state index in [0.717, 1.165) is 57.1 Å². The Labute approximate surface area is 252 Å². The topological polar surface area (TPSA) is 59.1 Å². The van der Waals surface area contributed by atoms with E-state index in [1.54, 1.807) is 12.1 Å². The molecule has 0 saturated carbocycles. The highest BCUT2D eigenvalue weighted by Crippen LogP contribution is 2.53. The molecule has 0 saturated heterocycles. The van der Waals surface area contributed by atoms with E-state index in [4.69, 9.17) is 9.47 Å². The monoisotopic (exact) mass is 570 g/mol. The lowest BCUT2D eigenvalue weighted by atomic mass is 9.83. The van der Waals surface area contributed by atoms with Crippen molar-refractivity contribution in [2.75, 3.05) is 9.80 Å². The molecule has 44 heavy (non-hydrogen) atoms. The van der Waals surface area contributed by atoms with E-state index in [9.17, 15) is 9.59 Å². The van der Waals surface area contributed by atoms with Crippen LogP contribution in [0, 0.1) is 0 Å². The number of para-hydroxylation sites is 8. The number of hydrogen-bond acceptors (Lipinski definition) is 6. The molecule has 0 fully saturated rings. The Morgan fingerprint density at radius 3 is 1.02 bits per heavy atom. The molecule has 0 atom stereocenters. The van der Waals surface area contributed by atoms with Gasteiger partial charge in [-0.2, -0.15) is 0 Å². The van der Waals surface area contributed by atoms with Crippen LogP contribution in [0.2, 0.25) is 0 Å². The van der Waals surface area contributed by atoms with Crippen LogP contribution >= 0.6 is 0 Å². The van der Waals surface area contributed by atoms with Gasteiger partial charge < -0.3 is 19.3 Å². The molecule has 1 aliphatic carbocycles. The molecule has 0 spiro atoms. The molecular formula is C38H22N2O4. The van der Waals surface area contributed by atoms with Gasteiger partial charge in [0.15, 0.2) is 23.0 Å². The van der Waals surface area contributed by atoms with Crippen LogP contribution in [-0.2, 0) is 0 Å². The molecule has 0 N–H and O–H groups in total. The molecule has 0 bridgehead atoms. The SMILES string of the molecule is O=C1C(=O)c2ccc(N3c4ccccc4Oc4ccccc43)cc2-c2cc(N3c4ccccc4Oc4ccccc43)ccc21. The van der Waals surface area contributed by atoms with Gasteiger partial charge in [-0.1, -0.05) is 48.5 Å². The van der Waals surface area contributed by atoms with Gasteiger partial charge in [0.2, 0.25) is 11.6 Å². The summed E-state index contributed by atoms with van der Waals surface area (Å²) in [6.45, 7) is 0. The maximum atomic E-state index is 13.4. The quantitative estimate of drug-likeness (QED) is 0.193. The second-order valence-electron chi connectivity index (χ2n) is 10.9. The molecular weight excluding hydrogens is 548 g/mol. The smallest absolute Gasteiger partial charge is 0.234 e. The van der Waals surface area contributed by atoms with Crippen molar-refractivity contribution in [1.29, 1.82) is 0 Å². The molecule has 6 nitrogen and oxygen atoms in total. The lowest BCUT2D eigenvalue weighted by Crippen LogP contribution is -2.23. The summed E-state index contributed by atoms with van der Waals surface area (Å²) in [5, 5.41) is 0. The number of rotatable bonds is 2. The second-order valence-corrected chi connectivity index (χ2v) is 10.9. The predicted molar refractivity (Wildman–Crippen MR) is 170 cm³/mol. The van der Waals surface area contributed by atoms with Crippen LogP contribution in [0.5, 0.6) is 23.0 Å². The fraction of sp³-hybridized carbons (Fsp3) is 0. The van der Waals surface area contributed by atoms with Gasteiger partial charge in [0.05, 0.1) is 22.7 Å². The fourth-order valence-corrected chi connectivity index (χ4v) is 6.39. The third-order valence-corrected chi connectivity index (χ3v) is 8.37. The number of benzene rings is 6. The average Bonchev–Trinajstić information content (AvgIpc) is 3.08. The van der Waals surface area contributed by atoms with Crippen molar-refractivity contribution in [1.82, 2.24) is 0 Å². The highest BCUT2D eigenvalue weighted by molar-refractivity contribution is 6.53. The minimum Gasteiger partial charge on any atom is -0.453 e. The number of carbonyl (C=O) groups excluding carboxylic acids is 2. The Bertz CT molecular complexity index is 1960. The third-order valence-electron chi connectivity index (χ3n) is 8.37. The summed E-state index contributed by atoms with van der Waals surface area (Å²) in [4.78, 5) is 31.0. The Morgan fingerprint density at radius 1 is 0.364 bits per heavy atom. The normalized spacial score (nSPS) is 13.8. The first kappa shape index (κ1) is 24.5. The van der Waals surface area contributed by atoms with Gasteiger partial charge in [-0.05, 0) is 96.1 Å². The Morgan fingerprint density at radius 2 is 0.682 bits per heavy atom. The summed E-state index contributed by atoms with van der Waals surface area (Å²) >= 11 is 0. The van der Waals surface area contributed by atoms with E-state index in [0.29, 0.717) is 22.3 Å². The first-order valence-electron chi connectivity index (χ1n) is 14.4. The van der Waals surface area contributed by atoms with E-state index < -0.39 is 11.6 Å². The number of ketones is 2. The summed E-state index contributed by atoms with van der Waals surface area (Å²) in [5.74, 6) is 1.95. The molecule has 0 radical (unpaired) electrons. The van der Waals surface area contributed by atoms with Gasteiger partial charge in [-0.15, -0.1) is 0 Å². The van der Waals surface area contributed by atoms with Crippen molar-refractivity contribution in [3.8, 4) is 34.1 Å². The van der Waals surface area contributed by atoms with Crippen molar-refractivity contribution in [3.05, 3.63) is 145 Å². The number of fused-ring (bicyclic) bond motifs is 7. The number of carbonyl (C=O) groups is 2. The molecule has 2 heterocycles. The van der Waals surface area contributed by atoms with E-state index in [1.165, 1.54) is 0 Å². The van der Waals surface area contributed by atoms with Crippen LogP contribution in [0.15, 0.2) is 133 Å². The molecule has 0 amide bonds. The van der Waals surface area contributed by atoms with Gasteiger partial charge in [-0.3, -0.25) is 9.59 Å². The van der Waals surface area contributed by atoms with Crippen LogP contribution in [-0.4, -0.2) is 11.6 Å². The number of nitrogens with zero attached hydrogens (tertiary/aromatic N) is 2. The zero-order chi connectivity index (χ0) is 29.4. The Hall–Kier alpha value is -6.14. The summed E-state index contributed by atoms with van der Waals surface area (Å²) < 4.78 is 12.4. The van der Waals surface area contributed by atoms with E-state index >= 15 is 0 Å². The largest absolute Gasteiger partial charge is 0.453 e. The standard InChI is InChI=1S/C38H22N2O4/c41-37-25-19-17-23(39-29-9-1-5-13-33(29)43-34-14-6-2-10-30(34)39)21-27(25)28-22-24(18-20-26(28)38(37)42)40-31-11-3-7-15-35(31)44-36-16-8-4-12-32(36)40/h1-22H. The van der Waals surface area contributed by atoms with E-state index in [1.807, 2.05) is 121 Å². The molecule has 0 unspecified atom stereocenters. The fourth-order valence-electron chi connectivity index (χ4n) is 6.39. The first-order valence-corrected chi connectivity index (χ1v) is 14.4. The highest BCUT2D eigenvalue weighted by atomic mass is 16.5. The van der Waals surface area contributed by atoms with E-state index in [-0.39, 0.29) is 0 Å². The summed E-state index contributed by atoms with van der Waals surface area (Å²) in [6.07, 6.45) is 0. The van der Waals surface area contributed by atoms with Crippen molar-refractivity contribution in [2.24, 2.45) is 0 Å². The maximum absolute atomic E-state index is 13.4. The number of ether oxygens (including phenoxy) is 2. The van der Waals surface area contributed by atoms with Gasteiger partial charge in [0, 0.05) is 22.5 Å². The van der Waals surface area contributed by atoms with Crippen LogP contribution in [0.25, 0.3) is 11.1 Å². The molecule has 6 aromatic rings. The summed E-state index contributed by atoms with van der Waals surface area (Å²) in [5.41, 5.74) is 7.46. The zero-order valence-electron chi connectivity index (χ0n) is 23.2. The predicted octanol–water partition coefficient (Wildman–Crippen LogP) is 9.88. The second kappa shape index (κ2) is 9.18. The van der Waals surface area contributed by atoms with Gasteiger partial charge >= 0.3 is 0 Å². The summed E-state index contributed by atoms with van der Waals surface area (Å²) in [7, 11) is 0. The molecule has 6 heteroatoms. The molecule has 208 valence electrons. The zero-order valence-corrected chi connectivity index (χ0v) is 23.2. The lowest BCUT2D eigenvalue weighted by Gasteiger charge is -2.34. The molecule has 0 aromatic heterocycles. The van der Waals surface area contributed by atoms with Crippen molar-refractivity contribution < 1.29 is 19.1 Å². The number of hydrogen-bond donors (Lipinski definition) is 0. The minimum atomic E-state index is -0.503. The van der Waals surface area contributed by atoms with Crippen molar-refractivity contribution in [2.45, 2.75) is 0 Å². The third kappa shape index (κ3) is 3.48. The van der Waals surface area contributed by atoms with Crippen molar-refractivity contribution in [3.63, 3.8) is 0 Å².